The molecule has 0 unspecified atom stereocenters. The van der Waals surface area contributed by atoms with Gasteiger partial charge in [-0.2, -0.15) is 0 Å². The van der Waals surface area contributed by atoms with Gasteiger partial charge in [-0.15, -0.1) is 12.4 Å². The molecule has 0 aliphatic carbocycles. The molecule has 0 fully saturated rings. The summed E-state index contributed by atoms with van der Waals surface area (Å²) in [4.78, 5) is 23.0. The molecule has 0 saturated carbocycles. The summed E-state index contributed by atoms with van der Waals surface area (Å²) in [6, 6.07) is 5.63. The molecule has 5 nitrogen and oxygen atoms in total. The maximum absolute atomic E-state index is 11.7. The molecule has 4 N–H and O–H groups in total. The number of carbonyl (C=O) groups is 2. The topological polar surface area (TPSA) is 84.2 Å². The van der Waals surface area contributed by atoms with Crippen molar-refractivity contribution in [3.8, 4) is 0 Å². The van der Waals surface area contributed by atoms with Gasteiger partial charge >= 0.3 is 0 Å². The van der Waals surface area contributed by atoms with Crippen LogP contribution in [0.1, 0.15) is 18.4 Å². The average molecular weight is 365 g/mol. The van der Waals surface area contributed by atoms with E-state index < -0.39 is 0 Å². The fourth-order valence-corrected chi connectivity index (χ4v) is 1.81. The lowest BCUT2D eigenvalue weighted by Crippen LogP contribution is -2.33. The fourth-order valence-electron chi connectivity index (χ4n) is 1.45. The lowest BCUT2D eigenvalue weighted by molar-refractivity contribution is -0.124. The van der Waals surface area contributed by atoms with E-state index in [9.17, 15) is 9.59 Å². The minimum Gasteiger partial charge on any atom is -0.347 e. The van der Waals surface area contributed by atoms with Gasteiger partial charge in [0.05, 0.1) is 6.54 Å². The van der Waals surface area contributed by atoms with Crippen LogP contribution in [0.15, 0.2) is 22.7 Å². The highest BCUT2D eigenvalue weighted by atomic mass is 79.9. The van der Waals surface area contributed by atoms with Crippen molar-refractivity contribution in [1.29, 1.82) is 0 Å². The quantitative estimate of drug-likeness (QED) is 0.721. The summed E-state index contributed by atoms with van der Waals surface area (Å²) in [5.74, 6) is -0.408. The van der Waals surface area contributed by atoms with Gasteiger partial charge in [-0.1, -0.05) is 22.0 Å². The van der Waals surface area contributed by atoms with Gasteiger partial charge in [-0.25, -0.2) is 0 Å². The highest BCUT2D eigenvalue weighted by molar-refractivity contribution is 9.10. The van der Waals surface area contributed by atoms with Crippen LogP contribution in [0.25, 0.3) is 0 Å². The minimum absolute atomic E-state index is 0. The number of nitrogens with one attached hydrogen (secondary N) is 2. The van der Waals surface area contributed by atoms with Gasteiger partial charge in [0.2, 0.25) is 11.8 Å². The molecular weight excluding hydrogens is 346 g/mol. The predicted molar refractivity (Wildman–Crippen MR) is 86.1 cm³/mol. The Kier molecular flexibility index (Phi) is 9.20. The number of nitrogens with two attached hydrogens (primary N) is 1. The summed E-state index contributed by atoms with van der Waals surface area (Å²) in [5.41, 5.74) is 7.00. The van der Waals surface area contributed by atoms with E-state index in [2.05, 4.69) is 26.6 Å². The molecule has 1 aromatic rings. The molecule has 2 amide bonds. The molecule has 0 bridgehead atoms. The summed E-state index contributed by atoms with van der Waals surface area (Å²) in [6.07, 6.45) is 0.970. The molecule has 0 radical (unpaired) electrons. The minimum atomic E-state index is -0.248. The van der Waals surface area contributed by atoms with E-state index in [1.54, 1.807) is 0 Å². The third kappa shape index (κ3) is 6.88. The molecule has 1 aromatic carbocycles. The molecular formula is C13H19BrClN3O2. The monoisotopic (exact) mass is 363 g/mol. The number of aryl methyl sites for hydroxylation is 1. The summed E-state index contributed by atoms with van der Waals surface area (Å²) in [7, 11) is 0. The van der Waals surface area contributed by atoms with Crippen LogP contribution in [0.4, 0.5) is 5.69 Å². The van der Waals surface area contributed by atoms with Crippen molar-refractivity contribution in [1.82, 2.24) is 5.32 Å². The van der Waals surface area contributed by atoms with Gasteiger partial charge in [0.25, 0.3) is 0 Å². The second-order valence-electron chi connectivity index (χ2n) is 4.18. The van der Waals surface area contributed by atoms with E-state index in [1.807, 2.05) is 25.1 Å². The Balaban J connectivity index is 0.00000361. The number of benzene rings is 1. The molecule has 0 aliphatic rings. The molecule has 112 valence electrons. The fraction of sp³-hybridized carbons (Fsp3) is 0.385. The predicted octanol–water partition coefficient (Wildman–Crippen LogP) is 1.97. The molecule has 0 saturated heterocycles. The van der Waals surface area contributed by atoms with Crippen molar-refractivity contribution >= 4 is 45.8 Å². The molecule has 1 rings (SSSR count). The smallest absolute Gasteiger partial charge is 0.243 e. The summed E-state index contributed by atoms with van der Waals surface area (Å²) < 4.78 is 0.889. The number of hydrogen-bond donors (Lipinski definition) is 3. The number of carbonyl (C=O) groups excluding carboxylic acids is 2. The maximum atomic E-state index is 11.7. The van der Waals surface area contributed by atoms with E-state index in [1.165, 1.54) is 0 Å². The Morgan fingerprint density at radius 1 is 1.30 bits per heavy atom. The number of hydrogen-bond acceptors (Lipinski definition) is 3. The number of amides is 2. The van der Waals surface area contributed by atoms with Crippen molar-refractivity contribution in [2.75, 3.05) is 18.4 Å². The first kappa shape index (κ1) is 18.9. The van der Waals surface area contributed by atoms with Crippen molar-refractivity contribution in [3.05, 3.63) is 28.2 Å². The van der Waals surface area contributed by atoms with Gasteiger partial charge < -0.3 is 16.4 Å². The Bertz CT molecular complexity index is 469. The third-order valence-electron chi connectivity index (χ3n) is 2.53. The molecule has 0 heterocycles. The lowest BCUT2D eigenvalue weighted by Gasteiger charge is -2.09. The normalized spacial score (nSPS) is 9.55. The Hall–Kier alpha value is -1.11. The average Bonchev–Trinajstić information content (AvgIpc) is 2.38. The zero-order valence-electron chi connectivity index (χ0n) is 11.2. The van der Waals surface area contributed by atoms with Crippen LogP contribution in [0.2, 0.25) is 0 Å². The molecule has 7 heteroatoms. The van der Waals surface area contributed by atoms with Gasteiger partial charge in [0.15, 0.2) is 0 Å². The van der Waals surface area contributed by atoms with Crippen molar-refractivity contribution < 1.29 is 9.59 Å². The zero-order chi connectivity index (χ0) is 14.3. The van der Waals surface area contributed by atoms with E-state index in [0.29, 0.717) is 19.4 Å². The second kappa shape index (κ2) is 9.74. The van der Waals surface area contributed by atoms with Crippen LogP contribution >= 0.6 is 28.3 Å². The van der Waals surface area contributed by atoms with Crippen LogP contribution in [0.5, 0.6) is 0 Å². The van der Waals surface area contributed by atoms with Crippen molar-refractivity contribution in [3.63, 3.8) is 0 Å². The molecule has 0 spiro atoms. The first-order valence-corrected chi connectivity index (χ1v) is 6.85. The van der Waals surface area contributed by atoms with Crippen LogP contribution < -0.4 is 16.4 Å². The molecule has 0 aromatic heterocycles. The highest BCUT2D eigenvalue weighted by Gasteiger charge is 2.07. The van der Waals surface area contributed by atoms with E-state index >= 15 is 0 Å². The van der Waals surface area contributed by atoms with Gasteiger partial charge in [0.1, 0.15) is 0 Å². The summed E-state index contributed by atoms with van der Waals surface area (Å²) in [6.45, 7) is 2.34. The Labute approximate surface area is 133 Å². The number of halogens is 2. The Morgan fingerprint density at radius 3 is 2.65 bits per heavy atom. The maximum Gasteiger partial charge on any atom is 0.243 e. The first-order valence-electron chi connectivity index (χ1n) is 6.05. The Morgan fingerprint density at radius 2 is 2.00 bits per heavy atom. The summed E-state index contributed by atoms with van der Waals surface area (Å²) in [5, 5.41) is 5.31. The van der Waals surface area contributed by atoms with Gasteiger partial charge in [-0.3, -0.25) is 9.59 Å². The second-order valence-corrected chi connectivity index (χ2v) is 5.09. The van der Waals surface area contributed by atoms with Crippen LogP contribution in [0.3, 0.4) is 0 Å². The van der Waals surface area contributed by atoms with E-state index in [-0.39, 0.29) is 30.8 Å². The molecule has 0 aliphatic heterocycles. The SMILES string of the molecule is Cc1ccc(Br)cc1NC(=O)CNC(=O)CCCN.Cl. The van der Waals surface area contributed by atoms with E-state index in [0.717, 1.165) is 15.7 Å². The lowest BCUT2D eigenvalue weighted by atomic mass is 10.2. The number of rotatable bonds is 6. The van der Waals surface area contributed by atoms with Crippen molar-refractivity contribution in [2.24, 2.45) is 5.73 Å². The van der Waals surface area contributed by atoms with Gasteiger partial charge in [0, 0.05) is 16.6 Å². The number of anilines is 1. The van der Waals surface area contributed by atoms with Crippen molar-refractivity contribution in [2.45, 2.75) is 19.8 Å². The van der Waals surface area contributed by atoms with Crippen LogP contribution in [0, 0.1) is 6.92 Å². The third-order valence-corrected chi connectivity index (χ3v) is 3.02. The standard InChI is InChI=1S/C13H18BrN3O2.ClH/c1-9-4-5-10(14)7-11(9)17-13(19)8-16-12(18)3-2-6-15;/h4-5,7H,2-3,6,8,15H2,1H3,(H,16,18)(H,17,19);1H. The van der Waals surface area contributed by atoms with Crippen LogP contribution in [-0.4, -0.2) is 24.9 Å². The largest absolute Gasteiger partial charge is 0.347 e. The zero-order valence-corrected chi connectivity index (χ0v) is 13.6. The first-order chi connectivity index (χ1) is 9.02. The molecule has 0 atom stereocenters. The van der Waals surface area contributed by atoms with Gasteiger partial charge in [-0.05, 0) is 37.6 Å². The highest BCUT2D eigenvalue weighted by Crippen LogP contribution is 2.20. The van der Waals surface area contributed by atoms with E-state index in [4.69, 9.17) is 5.73 Å². The molecule has 20 heavy (non-hydrogen) atoms. The summed E-state index contributed by atoms with van der Waals surface area (Å²) >= 11 is 3.34. The van der Waals surface area contributed by atoms with Crippen LogP contribution in [-0.2, 0) is 9.59 Å².